The van der Waals surface area contributed by atoms with Gasteiger partial charge in [0.2, 0.25) is 0 Å². The summed E-state index contributed by atoms with van der Waals surface area (Å²) < 4.78 is 38.7. The number of nitrogens with zero attached hydrogens (tertiary/aromatic N) is 2. The minimum absolute atomic E-state index is 0.0566. The van der Waals surface area contributed by atoms with E-state index in [0.29, 0.717) is 37.5 Å². The van der Waals surface area contributed by atoms with Crippen molar-refractivity contribution in [2.45, 2.75) is 13.8 Å². The van der Waals surface area contributed by atoms with E-state index in [2.05, 4.69) is 4.90 Å². The summed E-state index contributed by atoms with van der Waals surface area (Å²) in [5, 5.41) is 0.0845. The molecule has 4 aromatic rings. The second-order valence-corrected chi connectivity index (χ2v) is 10.8. The van der Waals surface area contributed by atoms with Crippen LogP contribution in [0.4, 0.5) is 5.69 Å². The first kappa shape index (κ1) is 34.6. The van der Waals surface area contributed by atoms with Crippen molar-refractivity contribution in [3.05, 3.63) is 77.0 Å². The summed E-state index contributed by atoms with van der Waals surface area (Å²) in [7, 11) is 1.46. The van der Waals surface area contributed by atoms with Crippen molar-refractivity contribution < 1.29 is 47.2 Å². The number of benzene rings is 3. The average molecular weight is 675 g/mol. The van der Waals surface area contributed by atoms with Gasteiger partial charge in [0.25, 0.3) is 5.91 Å². The number of fused-ring (bicyclic) bond motifs is 1. The average Bonchev–Trinajstić information content (AvgIpc) is 3.12. The summed E-state index contributed by atoms with van der Waals surface area (Å²) in [6, 6.07) is 19.0. The number of hydrogen-bond donors (Lipinski definition) is 0. The fourth-order valence-corrected chi connectivity index (χ4v) is 5.28. The van der Waals surface area contributed by atoms with Crippen LogP contribution < -0.4 is 29.3 Å². The molecule has 0 radical (unpaired) electrons. The summed E-state index contributed by atoms with van der Waals surface area (Å²) in [5.74, 6) is -0.409. The van der Waals surface area contributed by atoms with E-state index in [4.69, 9.17) is 32.8 Å². The lowest BCUT2D eigenvalue weighted by atomic mass is 10.1. The monoisotopic (exact) mass is 674 g/mol. The first-order chi connectivity index (χ1) is 23.8. The van der Waals surface area contributed by atoms with Gasteiger partial charge in [0, 0.05) is 55.6 Å². The zero-order valence-electron chi connectivity index (χ0n) is 27.6. The quantitative estimate of drug-likeness (QED) is 0.178. The normalized spacial score (nSPS) is 12.7. The number of rotatable bonds is 14. The molecule has 0 saturated carbocycles. The van der Waals surface area contributed by atoms with Crippen molar-refractivity contribution in [1.29, 1.82) is 0 Å². The van der Waals surface area contributed by atoms with Gasteiger partial charge in [-0.1, -0.05) is 18.2 Å². The van der Waals surface area contributed by atoms with Gasteiger partial charge in [-0.25, -0.2) is 9.59 Å². The van der Waals surface area contributed by atoms with E-state index in [1.54, 1.807) is 36.9 Å². The van der Waals surface area contributed by atoms with Crippen LogP contribution in [0.3, 0.4) is 0 Å². The van der Waals surface area contributed by atoms with Gasteiger partial charge < -0.3 is 42.6 Å². The SMILES string of the molecule is CCOC(=O)COc1cc(OCC(=O)N2CCN(c3ccccc3)CC2)c2c(=O)cc(-c3ccc(OC)c(OCC(=O)OCC)c3)oc2c1. The molecular formula is C36H38N2O11. The molecule has 13 heteroatoms. The van der Waals surface area contributed by atoms with E-state index in [0.717, 1.165) is 5.69 Å². The second-order valence-electron chi connectivity index (χ2n) is 10.8. The maximum absolute atomic E-state index is 13.6. The molecule has 49 heavy (non-hydrogen) atoms. The van der Waals surface area contributed by atoms with Crippen LogP contribution in [0.1, 0.15) is 13.8 Å². The summed E-state index contributed by atoms with van der Waals surface area (Å²) in [6.07, 6.45) is 0. The summed E-state index contributed by atoms with van der Waals surface area (Å²) in [5.41, 5.74) is 1.19. The maximum Gasteiger partial charge on any atom is 0.344 e. The number of anilines is 1. The molecule has 13 nitrogen and oxygen atoms in total. The Morgan fingerprint density at radius 3 is 2.08 bits per heavy atom. The molecule has 1 aromatic heterocycles. The molecule has 258 valence electrons. The van der Waals surface area contributed by atoms with Gasteiger partial charge in [-0.05, 0) is 44.2 Å². The molecule has 1 saturated heterocycles. The number of ether oxygens (including phenoxy) is 6. The highest BCUT2D eigenvalue weighted by Gasteiger charge is 2.23. The first-order valence-electron chi connectivity index (χ1n) is 15.9. The second kappa shape index (κ2) is 16.4. The zero-order chi connectivity index (χ0) is 34.8. The van der Waals surface area contributed by atoms with Crippen molar-refractivity contribution in [3.63, 3.8) is 0 Å². The lowest BCUT2D eigenvalue weighted by molar-refractivity contribution is -0.146. The molecule has 1 aliphatic heterocycles. The van der Waals surface area contributed by atoms with Gasteiger partial charge in [-0.3, -0.25) is 9.59 Å². The number of hydrogen-bond acceptors (Lipinski definition) is 12. The standard InChI is InChI=1S/C36H38N2O11/c1-4-44-34(41)22-46-26-18-31(47-21-33(40)38-15-13-37(14-16-38)25-9-7-6-8-10-25)36-27(39)20-29(49-32(36)19-26)24-11-12-28(43-3)30(17-24)48-23-35(42)45-5-2/h6-12,17-20H,4-5,13-16,21-23H2,1-3H3. The maximum atomic E-state index is 13.6. The van der Waals surface area contributed by atoms with Gasteiger partial charge in [0.1, 0.15) is 28.2 Å². The van der Waals surface area contributed by atoms with E-state index in [9.17, 15) is 19.2 Å². The minimum Gasteiger partial charge on any atom is -0.493 e. The van der Waals surface area contributed by atoms with Crippen LogP contribution in [0.15, 0.2) is 75.9 Å². The molecule has 1 amide bonds. The van der Waals surface area contributed by atoms with Crippen LogP contribution in [-0.2, 0) is 23.9 Å². The van der Waals surface area contributed by atoms with Crippen molar-refractivity contribution >= 4 is 34.5 Å². The van der Waals surface area contributed by atoms with Crippen LogP contribution in [-0.4, -0.2) is 89.1 Å². The highest BCUT2D eigenvalue weighted by atomic mass is 16.6. The van der Waals surface area contributed by atoms with Gasteiger partial charge >= 0.3 is 11.9 Å². The number of piperazine rings is 1. The molecule has 5 rings (SSSR count). The van der Waals surface area contributed by atoms with Crippen molar-refractivity contribution in [2.24, 2.45) is 0 Å². The third-order valence-corrected chi connectivity index (χ3v) is 7.63. The Labute approximate surface area is 282 Å². The number of para-hydroxylation sites is 1. The number of methoxy groups -OCH3 is 1. The molecule has 1 aliphatic rings. The van der Waals surface area contributed by atoms with Crippen molar-refractivity contribution in [2.75, 3.05) is 71.2 Å². The van der Waals surface area contributed by atoms with E-state index < -0.39 is 24.0 Å². The molecule has 0 aliphatic carbocycles. The van der Waals surface area contributed by atoms with E-state index in [1.165, 1.54) is 25.3 Å². The molecular weight excluding hydrogens is 636 g/mol. The molecule has 0 bridgehead atoms. The zero-order valence-corrected chi connectivity index (χ0v) is 27.6. The van der Waals surface area contributed by atoms with Gasteiger partial charge in [0.15, 0.2) is 36.7 Å². The highest BCUT2D eigenvalue weighted by molar-refractivity contribution is 5.87. The van der Waals surface area contributed by atoms with E-state index in [-0.39, 0.29) is 66.3 Å². The van der Waals surface area contributed by atoms with Crippen LogP contribution in [0.25, 0.3) is 22.3 Å². The Hall–Kier alpha value is -5.72. The Bertz CT molecular complexity index is 1830. The summed E-state index contributed by atoms with van der Waals surface area (Å²) >= 11 is 0. The smallest absolute Gasteiger partial charge is 0.344 e. The Balaban J connectivity index is 1.39. The fraction of sp³-hybridized carbons (Fsp3) is 0.333. The lowest BCUT2D eigenvalue weighted by Crippen LogP contribution is -2.50. The molecule has 0 N–H and O–H groups in total. The van der Waals surface area contributed by atoms with Gasteiger partial charge in [-0.15, -0.1) is 0 Å². The van der Waals surface area contributed by atoms with E-state index >= 15 is 0 Å². The molecule has 2 heterocycles. The van der Waals surface area contributed by atoms with Crippen LogP contribution >= 0.6 is 0 Å². The predicted molar refractivity (Wildman–Crippen MR) is 179 cm³/mol. The van der Waals surface area contributed by atoms with Crippen LogP contribution in [0.2, 0.25) is 0 Å². The number of carbonyl (C=O) groups is 3. The Morgan fingerprint density at radius 2 is 1.41 bits per heavy atom. The number of amides is 1. The van der Waals surface area contributed by atoms with Gasteiger partial charge in [-0.2, -0.15) is 0 Å². The Kier molecular flexibility index (Phi) is 11.6. The number of carbonyl (C=O) groups excluding carboxylic acids is 3. The van der Waals surface area contributed by atoms with Crippen molar-refractivity contribution in [1.82, 2.24) is 4.90 Å². The van der Waals surface area contributed by atoms with Crippen LogP contribution in [0.5, 0.6) is 23.0 Å². The first-order valence-corrected chi connectivity index (χ1v) is 15.9. The fourth-order valence-electron chi connectivity index (χ4n) is 5.28. The topological polar surface area (TPSA) is 143 Å². The van der Waals surface area contributed by atoms with Crippen molar-refractivity contribution in [3.8, 4) is 34.3 Å². The third-order valence-electron chi connectivity index (χ3n) is 7.63. The lowest BCUT2D eigenvalue weighted by Gasteiger charge is -2.36. The highest BCUT2D eigenvalue weighted by Crippen LogP contribution is 2.36. The summed E-state index contributed by atoms with van der Waals surface area (Å²) in [4.78, 5) is 54.6. The predicted octanol–water partition coefficient (Wildman–Crippen LogP) is 4.08. The molecule has 0 atom stereocenters. The largest absolute Gasteiger partial charge is 0.493 e. The third kappa shape index (κ3) is 8.80. The molecule has 1 fully saturated rings. The van der Waals surface area contributed by atoms with Gasteiger partial charge in [0.05, 0.1) is 20.3 Å². The Morgan fingerprint density at radius 1 is 0.735 bits per heavy atom. The number of esters is 2. The molecule has 0 spiro atoms. The van der Waals surface area contributed by atoms with Crippen LogP contribution in [0, 0.1) is 0 Å². The molecule has 3 aromatic carbocycles. The van der Waals surface area contributed by atoms with E-state index in [1.807, 2.05) is 30.3 Å². The minimum atomic E-state index is -0.585. The summed E-state index contributed by atoms with van der Waals surface area (Å²) in [6.45, 7) is 5.05. The molecule has 0 unspecified atom stereocenters.